The zero-order valence-corrected chi connectivity index (χ0v) is 7.86. The largest absolute Gasteiger partial charge is 0.392 e. The monoisotopic (exact) mass is 172 g/mol. The first-order valence-corrected chi connectivity index (χ1v) is 4.70. The molecule has 0 spiro atoms. The van der Waals surface area contributed by atoms with E-state index in [2.05, 4.69) is 11.8 Å². The van der Waals surface area contributed by atoms with Crippen molar-refractivity contribution >= 4 is 17.2 Å². The van der Waals surface area contributed by atoms with Gasteiger partial charge >= 0.3 is 0 Å². The fraction of sp³-hybridized carbons (Fsp3) is 0.875. The molecule has 2 N–H and O–H groups in total. The molecule has 0 radical (unpaired) electrons. The molecular formula is C8H16N2S. The highest BCUT2D eigenvalue weighted by Gasteiger charge is 2.25. The van der Waals surface area contributed by atoms with Gasteiger partial charge in [-0.05, 0) is 32.4 Å². The van der Waals surface area contributed by atoms with Crippen molar-refractivity contribution in [3.05, 3.63) is 0 Å². The van der Waals surface area contributed by atoms with Crippen LogP contribution in [0.4, 0.5) is 0 Å². The van der Waals surface area contributed by atoms with Gasteiger partial charge in [0.15, 0.2) is 0 Å². The Kier molecular flexibility index (Phi) is 3.27. The van der Waals surface area contributed by atoms with Crippen molar-refractivity contribution in [2.24, 2.45) is 5.73 Å². The number of likely N-dealkylation sites (tertiary alicyclic amines) is 1. The maximum absolute atomic E-state index is 5.61. The van der Waals surface area contributed by atoms with Crippen molar-refractivity contribution in [1.82, 2.24) is 4.90 Å². The Balaban J connectivity index is 2.44. The van der Waals surface area contributed by atoms with Crippen molar-refractivity contribution in [2.45, 2.75) is 32.2 Å². The minimum atomic E-state index is 0.393. The molecule has 1 unspecified atom stereocenters. The summed E-state index contributed by atoms with van der Waals surface area (Å²) < 4.78 is 0. The van der Waals surface area contributed by atoms with Crippen LogP contribution in [0.3, 0.4) is 0 Å². The highest BCUT2D eigenvalue weighted by atomic mass is 32.1. The molecule has 0 amide bonds. The Bertz CT molecular complexity index is 147. The van der Waals surface area contributed by atoms with Crippen molar-refractivity contribution in [3.8, 4) is 0 Å². The third-order valence-electron chi connectivity index (χ3n) is 2.20. The van der Waals surface area contributed by atoms with Gasteiger partial charge in [-0.2, -0.15) is 0 Å². The molecule has 1 heterocycles. The van der Waals surface area contributed by atoms with Gasteiger partial charge < -0.3 is 5.73 Å². The number of hydrogen-bond acceptors (Lipinski definition) is 2. The first kappa shape index (κ1) is 8.94. The average molecular weight is 172 g/mol. The molecule has 1 saturated heterocycles. The molecule has 0 saturated carbocycles. The lowest BCUT2D eigenvalue weighted by Crippen LogP contribution is -2.39. The van der Waals surface area contributed by atoms with Crippen LogP contribution in [0.1, 0.15) is 26.2 Å². The molecule has 2 nitrogen and oxygen atoms in total. The SMILES string of the molecule is CCCN1CCCC1C(N)=S. The molecule has 0 aromatic rings. The van der Waals surface area contributed by atoms with Gasteiger partial charge in [0.1, 0.15) is 0 Å². The highest BCUT2D eigenvalue weighted by molar-refractivity contribution is 7.80. The molecule has 1 aliphatic rings. The van der Waals surface area contributed by atoms with E-state index in [4.69, 9.17) is 18.0 Å². The number of nitrogens with two attached hydrogens (primary N) is 1. The second-order valence-electron chi connectivity index (χ2n) is 3.10. The fourth-order valence-corrected chi connectivity index (χ4v) is 1.97. The molecule has 1 fully saturated rings. The van der Waals surface area contributed by atoms with E-state index >= 15 is 0 Å². The van der Waals surface area contributed by atoms with Crippen LogP contribution in [0.15, 0.2) is 0 Å². The Hall–Kier alpha value is -0.150. The van der Waals surface area contributed by atoms with E-state index in [9.17, 15) is 0 Å². The smallest absolute Gasteiger partial charge is 0.0902 e. The van der Waals surface area contributed by atoms with Crippen LogP contribution in [0.5, 0.6) is 0 Å². The van der Waals surface area contributed by atoms with E-state index in [-0.39, 0.29) is 0 Å². The molecule has 1 rings (SSSR count). The topological polar surface area (TPSA) is 29.3 Å². The summed E-state index contributed by atoms with van der Waals surface area (Å²) in [5.41, 5.74) is 5.61. The van der Waals surface area contributed by atoms with Gasteiger partial charge in [-0.25, -0.2) is 0 Å². The van der Waals surface area contributed by atoms with Crippen LogP contribution in [-0.2, 0) is 0 Å². The summed E-state index contributed by atoms with van der Waals surface area (Å²) in [7, 11) is 0. The standard InChI is InChI=1S/C8H16N2S/c1-2-5-10-6-3-4-7(10)8(9)11/h7H,2-6H2,1H3,(H2,9,11). The summed E-state index contributed by atoms with van der Waals surface area (Å²) >= 11 is 4.98. The molecule has 1 aliphatic heterocycles. The molecule has 11 heavy (non-hydrogen) atoms. The number of rotatable bonds is 3. The van der Waals surface area contributed by atoms with Crippen LogP contribution < -0.4 is 5.73 Å². The maximum atomic E-state index is 5.61. The predicted octanol–water partition coefficient (Wildman–Crippen LogP) is 1.15. The van der Waals surface area contributed by atoms with Gasteiger partial charge in [0.25, 0.3) is 0 Å². The van der Waals surface area contributed by atoms with Crippen molar-refractivity contribution in [2.75, 3.05) is 13.1 Å². The number of nitrogens with zero attached hydrogens (tertiary/aromatic N) is 1. The molecular weight excluding hydrogens is 156 g/mol. The summed E-state index contributed by atoms with van der Waals surface area (Å²) in [5, 5.41) is 0. The summed E-state index contributed by atoms with van der Waals surface area (Å²) in [6, 6.07) is 0.393. The molecule has 0 aliphatic carbocycles. The Morgan fingerprint density at radius 1 is 1.73 bits per heavy atom. The Morgan fingerprint density at radius 3 is 3.00 bits per heavy atom. The minimum absolute atomic E-state index is 0.393. The molecule has 0 aromatic carbocycles. The van der Waals surface area contributed by atoms with Crippen LogP contribution in [-0.4, -0.2) is 29.0 Å². The van der Waals surface area contributed by atoms with E-state index in [0.717, 1.165) is 13.0 Å². The van der Waals surface area contributed by atoms with Crippen molar-refractivity contribution in [1.29, 1.82) is 0 Å². The molecule has 3 heteroatoms. The lowest BCUT2D eigenvalue weighted by Gasteiger charge is -2.22. The van der Waals surface area contributed by atoms with Gasteiger partial charge in [-0.1, -0.05) is 19.1 Å². The van der Waals surface area contributed by atoms with Crippen LogP contribution in [0.25, 0.3) is 0 Å². The summed E-state index contributed by atoms with van der Waals surface area (Å²) in [6.07, 6.45) is 3.61. The molecule has 64 valence electrons. The summed E-state index contributed by atoms with van der Waals surface area (Å²) in [5.74, 6) is 0. The van der Waals surface area contributed by atoms with E-state index in [1.807, 2.05) is 0 Å². The minimum Gasteiger partial charge on any atom is -0.392 e. The van der Waals surface area contributed by atoms with Crippen LogP contribution in [0, 0.1) is 0 Å². The van der Waals surface area contributed by atoms with E-state index in [1.165, 1.54) is 19.4 Å². The lowest BCUT2D eigenvalue weighted by molar-refractivity contribution is 0.304. The summed E-state index contributed by atoms with van der Waals surface area (Å²) in [6.45, 7) is 4.51. The van der Waals surface area contributed by atoms with Gasteiger partial charge in [-0.15, -0.1) is 0 Å². The fourth-order valence-electron chi connectivity index (χ4n) is 1.70. The van der Waals surface area contributed by atoms with Crippen molar-refractivity contribution < 1.29 is 0 Å². The van der Waals surface area contributed by atoms with E-state index < -0.39 is 0 Å². The normalized spacial score (nSPS) is 25.7. The molecule has 1 atom stereocenters. The number of hydrogen-bond donors (Lipinski definition) is 1. The molecule has 0 aromatic heterocycles. The average Bonchev–Trinajstić information content (AvgIpc) is 2.36. The summed E-state index contributed by atoms with van der Waals surface area (Å²) in [4.78, 5) is 3.07. The van der Waals surface area contributed by atoms with Crippen LogP contribution >= 0.6 is 12.2 Å². The van der Waals surface area contributed by atoms with Crippen LogP contribution in [0.2, 0.25) is 0 Å². The Labute approximate surface area is 73.7 Å². The second-order valence-corrected chi connectivity index (χ2v) is 3.57. The van der Waals surface area contributed by atoms with Gasteiger partial charge in [0.05, 0.1) is 11.0 Å². The van der Waals surface area contributed by atoms with Gasteiger partial charge in [0, 0.05) is 0 Å². The highest BCUT2D eigenvalue weighted by Crippen LogP contribution is 2.17. The third kappa shape index (κ3) is 2.14. The lowest BCUT2D eigenvalue weighted by atomic mass is 10.2. The van der Waals surface area contributed by atoms with Crippen molar-refractivity contribution in [3.63, 3.8) is 0 Å². The zero-order chi connectivity index (χ0) is 8.27. The molecule has 0 bridgehead atoms. The maximum Gasteiger partial charge on any atom is 0.0902 e. The third-order valence-corrected chi connectivity index (χ3v) is 2.47. The van der Waals surface area contributed by atoms with E-state index in [1.54, 1.807) is 0 Å². The predicted molar refractivity (Wildman–Crippen MR) is 51.7 cm³/mol. The van der Waals surface area contributed by atoms with E-state index in [0.29, 0.717) is 11.0 Å². The number of thiocarbonyl (C=S) groups is 1. The van der Waals surface area contributed by atoms with Gasteiger partial charge in [-0.3, -0.25) is 4.90 Å². The first-order chi connectivity index (χ1) is 5.25. The second kappa shape index (κ2) is 4.02. The van der Waals surface area contributed by atoms with Gasteiger partial charge in [0.2, 0.25) is 0 Å². The zero-order valence-electron chi connectivity index (χ0n) is 7.05. The Morgan fingerprint density at radius 2 is 2.45 bits per heavy atom. The quantitative estimate of drug-likeness (QED) is 0.647. The first-order valence-electron chi connectivity index (χ1n) is 4.29.